The molecule has 0 saturated heterocycles. The van der Waals surface area contributed by atoms with Gasteiger partial charge in [-0.05, 0) is 20.3 Å². The Morgan fingerprint density at radius 2 is 1.93 bits per heavy atom. The lowest BCUT2D eigenvalue weighted by molar-refractivity contribution is 0.0417. The summed E-state index contributed by atoms with van der Waals surface area (Å²) in [6, 6.07) is 0. The second kappa shape index (κ2) is 6.27. The molecule has 0 fully saturated rings. The normalized spacial score (nSPS) is 12.9. The summed E-state index contributed by atoms with van der Waals surface area (Å²) >= 11 is 0. The molecule has 0 aliphatic carbocycles. The molecule has 0 unspecified atom stereocenters. The summed E-state index contributed by atoms with van der Waals surface area (Å²) in [7, 11) is 0. The van der Waals surface area contributed by atoms with Crippen molar-refractivity contribution in [1.82, 2.24) is 4.90 Å². The predicted octanol–water partition coefficient (Wildman–Crippen LogP) is 0.673. The van der Waals surface area contributed by atoms with E-state index in [1.165, 1.54) is 0 Å². The molecule has 14 heavy (non-hydrogen) atoms. The monoisotopic (exact) mass is 210 g/mol. The highest BCUT2D eigenvalue weighted by molar-refractivity contribution is 4.69. The molecule has 5 heteroatoms. The number of nitrogens with zero attached hydrogens (tertiary/aromatic N) is 1. The Labute approximate surface area is 83.9 Å². The first-order valence-corrected chi connectivity index (χ1v) is 4.78. The van der Waals surface area contributed by atoms with Crippen LogP contribution in [0.3, 0.4) is 0 Å². The zero-order valence-electron chi connectivity index (χ0n) is 8.84. The fourth-order valence-corrected chi connectivity index (χ4v) is 1.10. The van der Waals surface area contributed by atoms with Gasteiger partial charge in [-0.15, -0.1) is 0 Å². The summed E-state index contributed by atoms with van der Waals surface area (Å²) in [6.07, 6.45) is -1.87. The quantitative estimate of drug-likeness (QED) is 0.649. The van der Waals surface area contributed by atoms with E-state index in [-0.39, 0.29) is 6.54 Å². The predicted molar refractivity (Wildman–Crippen MR) is 52.4 cm³/mol. The van der Waals surface area contributed by atoms with Crippen LogP contribution in [0.1, 0.15) is 20.3 Å². The van der Waals surface area contributed by atoms with Gasteiger partial charge in [0.2, 0.25) is 0 Å². The topological polar surface area (TPSA) is 49.5 Å². The third kappa shape index (κ3) is 8.34. The molecule has 3 nitrogen and oxygen atoms in total. The molecule has 0 aromatic carbocycles. The molecule has 0 spiro atoms. The second-order valence-electron chi connectivity index (χ2n) is 4.04. The maximum absolute atomic E-state index is 12.1. The van der Waals surface area contributed by atoms with Crippen molar-refractivity contribution in [3.05, 3.63) is 0 Å². The van der Waals surface area contributed by atoms with Crippen LogP contribution >= 0.6 is 0 Å². The summed E-state index contributed by atoms with van der Waals surface area (Å²) in [5.74, 6) is 0. The molecule has 0 aliphatic heterocycles. The van der Waals surface area contributed by atoms with E-state index in [0.29, 0.717) is 26.1 Å². The van der Waals surface area contributed by atoms with Gasteiger partial charge in [0.05, 0.1) is 12.1 Å². The van der Waals surface area contributed by atoms with Gasteiger partial charge < -0.3 is 10.8 Å². The molecular weight excluding hydrogens is 190 g/mol. The number of halogens is 2. The average Bonchev–Trinajstić information content (AvgIpc) is 1.98. The molecule has 0 heterocycles. The first-order valence-electron chi connectivity index (χ1n) is 4.78. The van der Waals surface area contributed by atoms with Crippen LogP contribution in [0.5, 0.6) is 0 Å². The number of hydrogen-bond donors (Lipinski definition) is 2. The van der Waals surface area contributed by atoms with Crippen molar-refractivity contribution in [3.8, 4) is 0 Å². The van der Waals surface area contributed by atoms with Gasteiger partial charge in [0.25, 0.3) is 6.43 Å². The summed E-state index contributed by atoms with van der Waals surface area (Å²) in [5.41, 5.74) is 4.48. The average molecular weight is 210 g/mol. The Morgan fingerprint density at radius 3 is 2.29 bits per heavy atom. The van der Waals surface area contributed by atoms with Crippen molar-refractivity contribution < 1.29 is 13.9 Å². The van der Waals surface area contributed by atoms with Crippen LogP contribution in [0.4, 0.5) is 8.78 Å². The zero-order chi connectivity index (χ0) is 11.2. The molecular formula is C9H20F2N2O. The van der Waals surface area contributed by atoms with E-state index in [4.69, 9.17) is 5.73 Å². The zero-order valence-corrected chi connectivity index (χ0v) is 8.84. The Hall–Kier alpha value is -0.260. The van der Waals surface area contributed by atoms with Crippen LogP contribution in [-0.4, -0.2) is 48.2 Å². The molecule has 0 aromatic rings. The Bertz CT molecular complexity index is 148. The highest BCUT2D eigenvalue weighted by atomic mass is 19.3. The van der Waals surface area contributed by atoms with E-state index in [2.05, 4.69) is 0 Å². The van der Waals surface area contributed by atoms with Gasteiger partial charge in [0.15, 0.2) is 0 Å². The van der Waals surface area contributed by atoms with Crippen LogP contribution < -0.4 is 5.73 Å². The third-order valence-electron chi connectivity index (χ3n) is 1.88. The Kier molecular flexibility index (Phi) is 6.15. The number of hydrogen-bond acceptors (Lipinski definition) is 3. The van der Waals surface area contributed by atoms with Crippen molar-refractivity contribution in [1.29, 1.82) is 0 Å². The SMILES string of the molecule is CC(C)(O)CCN(CCN)CC(F)F. The maximum atomic E-state index is 12.1. The van der Waals surface area contributed by atoms with Crippen LogP contribution in [0, 0.1) is 0 Å². The fraction of sp³-hybridized carbons (Fsp3) is 1.00. The van der Waals surface area contributed by atoms with Crippen molar-refractivity contribution in [3.63, 3.8) is 0 Å². The van der Waals surface area contributed by atoms with E-state index >= 15 is 0 Å². The smallest absolute Gasteiger partial charge is 0.251 e. The summed E-state index contributed by atoms with van der Waals surface area (Å²) in [4.78, 5) is 1.57. The molecule has 0 rings (SSSR count). The molecule has 3 N–H and O–H groups in total. The van der Waals surface area contributed by atoms with Crippen LogP contribution in [0.2, 0.25) is 0 Å². The third-order valence-corrected chi connectivity index (χ3v) is 1.88. The van der Waals surface area contributed by atoms with E-state index < -0.39 is 12.0 Å². The van der Waals surface area contributed by atoms with E-state index in [9.17, 15) is 13.9 Å². The van der Waals surface area contributed by atoms with Gasteiger partial charge in [-0.25, -0.2) is 8.78 Å². The molecule has 0 saturated carbocycles. The number of rotatable bonds is 7. The lowest BCUT2D eigenvalue weighted by Gasteiger charge is -2.25. The minimum Gasteiger partial charge on any atom is -0.390 e. The second-order valence-corrected chi connectivity index (χ2v) is 4.04. The van der Waals surface area contributed by atoms with E-state index in [0.717, 1.165) is 0 Å². The summed E-state index contributed by atoms with van der Waals surface area (Å²) in [5, 5.41) is 9.42. The van der Waals surface area contributed by atoms with Crippen LogP contribution in [0.25, 0.3) is 0 Å². The molecule has 0 aromatic heterocycles. The van der Waals surface area contributed by atoms with Gasteiger partial charge in [0.1, 0.15) is 0 Å². The van der Waals surface area contributed by atoms with Crippen molar-refractivity contribution in [2.45, 2.75) is 32.3 Å². The molecule has 0 atom stereocenters. The first kappa shape index (κ1) is 13.7. The molecule has 0 aliphatic rings. The number of alkyl halides is 2. The van der Waals surface area contributed by atoms with Gasteiger partial charge in [-0.2, -0.15) is 0 Å². The lowest BCUT2D eigenvalue weighted by atomic mass is 10.1. The fourth-order valence-electron chi connectivity index (χ4n) is 1.10. The van der Waals surface area contributed by atoms with Crippen LogP contribution in [0.15, 0.2) is 0 Å². The summed E-state index contributed by atoms with van der Waals surface area (Å²) in [6.45, 7) is 4.31. The van der Waals surface area contributed by atoms with Gasteiger partial charge in [-0.3, -0.25) is 4.90 Å². The molecule has 0 radical (unpaired) electrons. The molecule has 0 amide bonds. The Morgan fingerprint density at radius 1 is 1.36 bits per heavy atom. The summed E-state index contributed by atoms with van der Waals surface area (Å²) < 4.78 is 24.2. The van der Waals surface area contributed by atoms with E-state index in [1.807, 2.05) is 0 Å². The van der Waals surface area contributed by atoms with Crippen molar-refractivity contribution in [2.75, 3.05) is 26.2 Å². The highest BCUT2D eigenvalue weighted by Gasteiger charge is 2.16. The molecule has 86 valence electrons. The van der Waals surface area contributed by atoms with Gasteiger partial charge in [0, 0.05) is 19.6 Å². The minimum atomic E-state index is -2.34. The van der Waals surface area contributed by atoms with Crippen molar-refractivity contribution >= 4 is 0 Å². The number of nitrogens with two attached hydrogens (primary N) is 1. The van der Waals surface area contributed by atoms with E-state index in [1.54, 1.807) is 18.7 Å². The van der Waals surface area contributed by atoms with Gasteiger partial charge >= 0.3 is 0 Å². The number of aliphatic hydroxyl groups is 1. The van der Waals surface area contributed by atoms with Gasteiger partial charge in [-0.1, -0.05) is 0 Å². The van der Waals surface area contributed by atoms with Crippen LogP contribution in [-0.2, 0) is 0 Å². The highest BCUT2D eigenvalue weighted by Crippen LogP contribution is 2.09. The standard InChI is InChI=1S/C9H20F2N2O/c1-9(2,14)3-5-13(6-4-12)7-8(10)11/h8,14H,3-7,12H2,1-2H3. The maximum Gasteiger partial charge on any atom is 0.251 e. The lowest BCUT2D eigenvalue weighted by Crippen LogP contribution is -2.37. The first-order chi connectivity index (χ1) is 6.35. The van der Waals surface area contributed by atoms with Crippen molar-refractivity contribution in [2.24, 2.45) is 5.73 Å². The molecule has 0 bridgehead atoms. The minimum absolute atomic E-state index is 0.271. The Balaban J connectivity index is 3.84. The largest absolute Gasteiger partial charge is 0.390 e.